The molecule has 0 radical (unpaired) electrons. The van der Waals surface area contributed by atoms with E-state index in [1.54, 1.807) is 0 Å². The molecule has 0 aliphatic carbocycles. The summed E-state index contributed by atoms with van der Waals surface area (Å²) in [6.45, 7) is 17.3. The van der Waals surface area contributed by atoms with E-state index in [2.05, 4.69) is 44.5 Å². The normalized spacial score (nSPS) is 11.3. The predicted molar refractivity (Wildman–Crippen MR) is 69.3 cm³/mol. The van der Waals surface area contributed by atoms with Gasteiger partial charge in [0.25, 0.3) is 0 Å². The molecule has 1 N–H and O–H groups in total. The Labute approximate surface area is 95.7 Å². The first-order chi connectivity index (χ1) is 7.10. The van der Waals surface area contributed by atoms with Crippen LogP contribution in [0.1, 0.15) is 40.5 Å². The van der Waals surface area contributed by atoms with Gasteiger partial charge in [0, 0.05) is 19.1 Å². The lowest BCUT2D eigenvalue weighted by Crippen LogP contribution is -2.32. The first kappa shape index (κ1) is 14.7. The van der Waals surface area contributed by atoms with E-state index in [4.69, 9.17) is 0 Å². The minimum Gasteiger partial charge on any atom is -0.311 e. The monoisotopic (exact) mass is 212 g/mol. The first-order valence-corrected chi connectivity index (χ1v) is 6.22. The van der Waals surface area contributed by atoms with Crippen LogP contribution in [0.3, 0.4) is 0 Å². The molecule has 0 aromatic heterocycles. The molecule has 0 amide bonds. The summed E-state index contributed by atoms with van der Waals surface area (Å²) < 4.78 is 0. The Morgan fingerprint density at radius 2 is 1.73 bits per heavy atom. The van der Waals surface area contributed by atoms with Gasteiger partial charge >= 0.3 is 0 Å². The van der Waals surface area contributed by atoms with Gasteiger partial charge in [-0.25, -0.2) is 0 Å². The van der Waals surface area contributed by atoms with Crippen molar-refractivity contribution in [3.8, 4) is 0 Å². The van der Waals surface area contributed by atoms with Gasteiger partial charge in [-0.05, 0) is 31.5 Å². The van der Waals surface area contributed by atoms with Crippen LogP contribution in [0.15, 0.2) is 12.2 Å². The molecule has 15 heavy (non-hydrogen) atoms. The molecular formula is C13H28N2. The van der Waals surface area contributed by atoms with E-state index in [9.17, 15) is 0 Å². The predicted octanol–water partition coefficient (Wildman–Crippen LogP) is 2.66. The smallest absolute Gasteiger partial charge is 0.0202 e. The van der Waals surface area contributed by atoms with Gasteiger partial charge in [-0.15, -0.1) is 0 Å². The van der Waals surface area contributed by atoms with Gasteiger partial charge in [0.1, 0.15) is 0 Å². The first-order valence-electron chi connectivity index (χ1n) is 6.22. The number of nitrogens with zero attached hydrogens (tertiary/aromatic N) is 1. The molecule has 0 aliphatic heterocycles. The van der Waals surface area contributed by atoms with Gasteiger partial charge in [0.05, 0.1) is 0 Å². The standard InChI is InChI=1S/C13H28N2/c1-6-8-15(9-7-2)11-13(5)10-14-12(3)4/h12,14H,5-11H2,1-4H3. The average molecular weight is 212 g/mol. The lowest BCUT2D eigenvalue weighted by Gasteiger charge is -2.22. The molecule has 2 nitrogen and oxygen atoms in total. The summed E-state index contributed by atoms with van der Waals surface area (Å²) in [5.41, 5.74) is 1.30. The van der Waals surface area contributed by atoms with Crippen molar-refractivity contribution in [1.82, 2.24) is 10.2 Å². The zero-order valence-electron chi connectivity index (χ0n) is 11.0. The van der Waals surface area contributed by atoms with E-state index >= 15 is 0 Å². The van der Waals surface area contributed by atoms with Crippen molar-refractivity contribution in [3.05, 3.63) is 12.2 Å². The largest absolute Gasteiger partial charge is 0.311 e. The van der Waals surface area contributed by atoms with Crippen LogP contribution in [-0.2, 0) is 0 Å². The quantitative estimate of drug-likeness (QED) is 0.591. The molecule has 90 valence electrons. The highest BCUT2D eigenvalue weighted by Crippen LogP contribution is 1.99. The van der Waals surface area contributed by atoms with Gasteiger partial charge in [0.2, 0.25) is 0 Å². The van der Waals surface area contributed by atoms with Gasteiger partial charge < -0.3 is 5.32 Å². The van der Waals surface area contributed by atoms with E-state index in [1.165, 1.54) is 31.5 Å². The molecule has 0 fully saturated rings. The third kappa shape index (κ3) is 8.64. The van der Waals surface area contributed by atoms with Crippen LogP contribution in [-0.4, -0.2) is 37.1 Å². The molecule has 0 saturated carbocycles. The zero-order valence-corrected chi connectivity index (χ0v) is 11.0. The van der Waals surface area contributed by atoms with Gasteiger partial charge in [-0.3, -0.25) is 4.90 Å². The fourth-order valence-corrected chi connectivity index (χ4v) is 1.62. The minimum atomic E-state index is 0.549. The molecule has 0 unspecified atom stereocenters. The van der Waals surface area contributed by atoms with Crippen LogP contribution in [0.4, 0.5) is 0 Å². The Kier molecular flexibility index (Phi) is 8.73. The molecule has 0 aromatic rings. The third-order valence-corrected chi connectivity index (χ3v) is 2.29. The van der Waals surface area contributed by atoms with Crippen molar-refractivity contribution in [2.45, 2.75) is 46.6 Å². The molecule has 0 rings (SSSR count). The lowest BCUT2D eigenvalue weighted by molar-refractivity contribution is 0.295. The fraction of sp³-hybridized carbons (Fsp3) is 0.846. The summed E-state index contributed by atoms with van der Waals surface area (Å²) >= 11 is 0. The summed E-state index contributed by atoms with van der Waals surface area (Å²) in [6.07, 6.45) is 2.45. The van der Waals surface area contributed by atoms with Crippen LogP contribution < -0.4 is 5.32 Å². The highest BCUT2D eigenvalue weighted by molar-refractivity contribution is 5.00. The van der Waals surface area contributed by atoms with E-state index in [0.717, 1.165) is 13.1 Å². The Balaban J connectivity index is 3.77. The van der Waals surface area contributed by atoms with Crippen molar-refractivity contribution < 1.29 is 0 Å². The van der Waals surface area contributed by atoms with Gasteiger partial charge in [0.15, 0.2) is 0 Å². The second kappa shape index (κ2) is 8.93. The summed E-state index contributed by atoms with van der Waals surface area (Å²) in [7, 11) is 0. The second-order valence-electron chi connectivity index (χ2n) is 4.56. The molecule has 2 heteroatoms. The van der Waals surface area contributed by atoms with Crippen LogP contribution in [0, 0.1) is 0 Å². The van der Waals surface area contributed by atoms with Crippen molar-refractivity contribution in [2.75, 3.05) is 26.2 Å². The van der Waals surface area contributed by atoms with Crippen molar-refractivity contribution in [3.63, 3.8) is 0 Å². The topological polar surface area (TPSA) is 15.3 Å². The maximum absolute atomic E-state index is 4.13. The molecule has 0 aliphatic rings. The van der Waals surface area contributed by atoms with Gasteiger partial charge in [-0.1, -0.05) is 34.3 Å². The summed E-state index contributed by atoms with van der Waals surface area (Å²) in [5, 5.41) is 3.41. The van der Waals surface area contributed by atoms with E-state index < -0.39 is 0 Å². The Morgan fingerprint density at radius 3 is 2.13 bits per heavy atom. The summed E-state index contributed by atoms with van der Waals surface area (Å²) in [5.74, 6) is 0. The fourth-order valence-electron chi connectivity index (χ4n) is 1.62. The van der Waals surface area contributed by atoms with Crippen LogP contribution in [0.2, 0.25) is 0 Å². The van der Waals surface area contributed by atoms with E-state index in [1.807, 2.05) is 0 Å². The number of hydrogen-bond acceptors (Lipinski definition) is 2. The number of nitrogens with one attached hydrogen (secondary N) is 1. The molecule has 0 bridgehead atoms. The highest BCUT2D eigenvalue weighted by atomic mass is 15.1. The lowest BCUT2D eigenvalue weighted by atomic mass is 10.2. The summed E-state index contributed by atoms with van der Waals surface area (Å²) in [4.78, 5) is 2.49. The molecule has 0 aromatic carbocycles. The SMILES string of the molecule is C=C(CNC(C)C)CN(CCC)CCC. The molecular weight excluding hydrogens is 184 g/mol. The van der Waals surface area contributed by atoms with E-state index in [0.29, 0.717) is 6.04 Å². The summed E-state index contributed by atoms with van der Waals surface area (Å²) in [6, 6.07) is 0.549. The molecule has 0 heterocycles. The number of rotatable bonds is 9. The van der Waals surface area contributed by atoms with Crippen molar-refractivity contribution in [1.29, 1.82) is 0 Å². The average Bonchev–Trinajstić information content (AvgIpc) is 2.15. The maximum atomic E-state index is 4.13. The number of hydrogen-bond donors (Lipinski definition) is 1. The van der Waals surface area contributed by atoms with Crippen LogP contribution >= 0.6 is 0 Å². The maximum Gasteiger partial charge on any atom is 0.0202 e. The molecule has 0 spiro atoms. The Hall–Kier alpha value is -0.340. The van der Waals surface area contributed by atoms with Crippen molar-refractivity contribution in [2.24, 2.45) is 0 Å². The van der Waals surface area contributed by atoms with E-state index in [-0.39, 0.29) is 0 Å². The van der Waals surface area contributed by atoms with Crippen LogP contribution in [0.5, 0.6) is 0 Å². The second-order valence-corrected chi connectivity index (χ2v) is 4.56. The Morgan fingerprint density at radius 1 is 1.20 bits per heavy atom. The Bertz CT molecular complexity index is 158. The highest BCUT2D eigenvalue weighted by Gasteiger charge is 2.04. The van der Waals surface area contributed by atoms with Crippen molar-refractivity contribution >= 4 is 0 Å². The van der Waals surface area contributed by atoms with Crippen LogP contribution in [0.25, 0.3) is 0 Å². The zero-order chi connectivity index (χ0) is 11.7. The van der Waals surface area contributed by atoms with Gasteiger partial charge in [-0.2, -0.15) is 0 Å². The minimum absolute atomic E-state index is 0.549. The third-order valence-electron chi connectivity index (χ3n) is 2.29. The molecule has 0 saturated heterocycles. The molecule has 0 atom stereocenters.